The SMILES string of the molecule is COCC(O)CN(C)Cc1coc(-c2ccc(C(F)(F)F)cc2)n1. The van der Waals surface area contributed by atoms with Gasteiger partial charge in [-0.2, -0.15) is 13.2 Å². The van der Waals surface area contributed by atoms with Crippen LogP contribution in [0.2, 0.25) is 0 Å². The Morgan fingerprint density at radius 3 is 2.54 bits per heavy atom. The van der Waals surface area contributed by atoms with Crippen LogP contribution in [0.15, 0.2) is 34.9 Å². The maximum absolute atomic E-state index is 12.6. The molecule has 1 aromatic heterocycles. The van der Waals surface area contributed by atoms with Gasteiger partial charge >= 0.3 is 6.18 Å². The topological polar surface area (TPSA) is 58.7 Å². The minimum atomic E-state index is -4.37. The molecular weight excluding hydrogens is 325 g/mol. The number of aliphatic hydroxyl groups excluding tert-OH is 1. The summed E-state index contributed by atoms with van der Waals surface area (Å²) in [6, 6.07) is 4.63. The van der Waals surface area contributed by atoms with E-state index >= 15 is 0 Å². The molecule has 1 heterocycles. The number of likely N-dealkylation sites (N-methyl/N-ethyl adjacent to an activating group) is 1. The van der Waals surface area contributed by atoms with E-state index in [9.17, 15) is 18.3 Å². The van der Waals surface area contributed by atoms with E-state index in [1.165, 1.54) is 25.5 Å². The fourth-order valence-corrected chi connectivity index (χ4v) is 2.26. The first-order valence-electron chi connectivity index (χ1n) is 7.27. The van der Waals surface area contributed by atoms with E-state index in [-0.39, 0.29) is 12.5 Å². The number of aromatic nitrogens is 1. The highest BCUT2D eigenvalue weighted by Gasteiger charge is 2.30. The number of ether oxygens (including phenoxy) is 1. The second kappa shape index (κ2) is 7.78. The Bertz CT molecular complexity index is 641. The molecule has 0 saturated carbocycles. The molecule has 132 valence electrons. The number of hydrogen-bond acceptors (Lipinski definition) is 5. The Hall–Kier alpha value is -1.90. The second-order valence-electron chi connectivity index (χ2n) is 5.53. The van der Waals surface area contributed by atoms with Gasteiger partial charge in [0, 0.05) is 25.8 Å². The standard InChI is InChI=1S/C16H19F3N2O3/c1-21(8-14(22)10-23-2)7-13-9-24-15(20-13)11-3-5-12(6-4-11)16(17,18)19/h3-6,9,14,22H,7-8,10H2,1-2H3. The van der Waals surface area contributed by atoms with Crippen LogP contribution in [0.3, 0.4) is 0 Å². The van der Waals surface area contributed by atoms with Crippen LogP contribution < -0.4 is 0 Å². The molecule has 0 aliphatic heterocycles. The monoisotopic (exact) mass is 344 g/mol. The van der Waals surface area contributed by atoms with Gasteiger partial charge in [-0.15, -0.1) is 0 Å². The quantitative estimate of drug-likeness (QED) is 0.837. The molecule has 1 atom stereocenters. The number of rotatable bonds is 7. The summed E-state index contributed by atoms with van der Waals surface area (Å²) in [6.07, 6.45) is -3.53. The van der Waals surface area contributed by atoms with Crippen LogP contribution >= 0.6 is 0 Å². The van der Waals surface area contributed by atoms with E-state index < -0.39 is 17.8 Å². The zero-order chi connectivity index (χ0) is 17.7. The largest absolute Gasteiger partial charge is 0.444 e. The van der Waals surface area contributed by atoms with Crippen molar-refractivity contribution in [2.24, 2.45) is 0 Å². The van der Waals surface area contributed by atoms with E-state index in [0.717, 1.165) is 12.1 Å². The number of hydrogen-bond donors (Lipinski definition) is 1. The molecule has 1 N–H and O–H groups in total. The summed E-state index contributed by atoms with van der Waals surface area (Å²) < 4.78 is 47.8. The first-order chi connectivity index (χ1) is 11.3. The molecule has 0 aliphatic carbocycles. The van der Waals surface area contributed by atoms with E-state index in [1.807, 2.05) is 11.9 Å². The highest BCUT2D eigenvalue weighted by atomic mass is 19.4. The van der Waals surface area contributed by atoms with Crippen molar-refractivity contribution in [2.45, 2.75) is 18.8 Å². The Morgan fingerprint density at radius 1 is 1.29 bits per heavy atom. The fourth-order valence-electron chi connectivity index (χ4n) is 2.26. The lowest BCUT2D eigenvalue weighted by atomic mass is 10.1. The molecule has 1 unspecified atom stereocenters. The molecule has 8 heteroatoms. The predicted molar refractivity (Wildman–Crippen MR) is 81.2 cm³/mol. The van der Waals surface area contributed by atoms with Crippen molar-refractivity contribution in [3.63, 3.8) is 0 Å². The molecule has 0 fully saturated rings. The summed E-state index contributed by atoms with van der Waals surface area (Å²) in [6.45, 7) is 1.07. The summed E-state index contributed by atoms with van der Waals surface area (Å²) >= 11 is 0. The van der Waals surface area contributed by atoms with Crippen molar-refractivity contribution in [3.05, 3.63) is 41.8 Å². The summed E-state index contributed by atoms with van der Waals surface area (Å²) in [7, 11) is 3.32. The number of methoxy groups -OCH3 is 1. The van der Waals surface area contributed by atoms with Crippen LogP contribution in [0.25, 0.3) is 11.5 Å². The highest BCUT2D eigenvalue weighted by molar-refractivity contribution is 5.53. The first kappa shape index (κ1) is 18.4. The Labute approximate surface area is 137 Å². The van der Waals surface area contributed by atoms with Crippen molar-refractivity contribution in [2.75, 3.05) is 27.3 Å². The van der Waals surface area contributed by atoms with Crippen LogP contribution in [0, 0.1) is 0 Å². The van der Waals surface area contributed by atoms with Gasteiger partial charge < -0.3 is 14.3 Å². The zero-order valence-electron chi connectivity index (χ0n) is 13.4. The van der Waals surface area contributed by atoms with Crippen LogP contribution in [0.1, 0.15) is 11.3 Å². The number of benzene rings is 1. The molecule has 0 amide bonds. The van der Waals surface area contributed by atoms with Gasteiger partial charge in [-0.25, -0.2) is 4.98 Å². The number of oxazole rings is 1. The average molecular weight is 344 g/mol. The second-order valence-corrected chi connectivity index (χ2v) is 5.53. The normalized spacial score (nSPS) is 13.5. The lowest BCUT2D eigenvalue weighted by Gasteiger charge is -2.18. The van der Waals surface area contributed by atoms with E-state index in [0.29, 0.717) is 24.3 Å². The van der Waals surface area contributed by atoms with Crippen molar-refractivity contribution >= 4 is 0 Å². The highest BCUT2D eigenvalue weighted by Crippen LogP contribution is 2.30. The van der Waals surface area contributed by atoms with Gasteiger partial charge in [-0.05, 0) is 31.3 Å². The Kier molecular flexibility index (Phi) is 5.98. The van der Waals surface area contributed by atoms with Gasteiger partial charge in [0.2, 0.25) is 5.89 Å². The van der Waals surface area contributed by atoms with Crippen molar-refractivity contribution in [1.29, 1.82) is 0 Å². The van der Waals surface area contributed by atoms with E-state index in [4.69, 9.17) is 9.15 Å². The maximum atomic E-state index is 12.6. The maximum Gasteiger partial charge on any atom is 0.416 e. The summed E-state index contributed by atoms with van der Waals surface area (Å²) in [5, 5.41) is 9.67. The summed E-state index contributed by atoms with van der Waals surface area (Å²) in [5.74, 6) is 0.254. The van der Waals surface area contributed by atoms with Crippen LogP contribution in [0.5, 0.6) is 0 Å². The molecule has 1 aromatic carbocycles. The van der Waals surface area contributed by atoms with Crippen molar-refractivity contribution in [1.82, 2.24) is 9.88 Å². The molecule has 24 heavy (non-hydrogen) atoms. The van der Waals surface area contributed by atoms with Gasteiger partial charge in [-0.1, -0.05) is 0 Å². The molecule has 0 bridgehead atoms. The first-order valence-corrected chi connectivity index (χ1v) is 7.27. The van der Waals surface area contributed by atoms with Gasteiger partial charge in [0.1, 0.15) is 6.26 Å². The smallest absolute Gasteiger partial charge is 0.416 e. The van der Waals surface area contributed by atoms with Gasteiger partial charge in [0.25, 0.3) is 0 Å². The molecule has 0 saturated heterocycles. The van der Waals surface area contributed by atoms with Crippen molar-refractivity contribution < 1.29 is 27.4 Å². The van der Waals surface area contributed by atoms with Crippen LogP contribution in [-0.2, 0) is 17.5 Å². The molecular formula is C16H19F3N2O3. The number of nitrogens with zero attached hydrogens (tertiary/aromatic N) is 2. The third-order valence-electron chi connectivity index (χ3n) is 3.32. The molecule has 2 aromatic rings. The van der Waals surface area contributed by atoms with Crippen molar-refractivity contribution in [3.8, 4) is 11.5 Å². The van der Waals surface area contributed by atoms with E-state index in [1.54, 1.807) is 0 Å². The summed E-state index contributed by atoms with van der Waals surface area (Å²) in [4.78, 5) is 6.11. The van der Waals surface area contributed by atoms with Gasteiger partial charge in [-0.3, -0.25) is 4.90 Å². The third-order valence-corrected chi connectivity index (χ3v) is 3.32. The fraction of sp³-hybridized carbons (Fsp3) is 0.438. The Balaban J connectivity index is 2.00. The molecule has 2 rings (SSSR count). The van der Waals surface area contributed by atoms with Gasteiger partial charge in [0.05, 0.1) is 24.0 Å². The zero-order valence-corrected chi connectivity index (χ0v) is 13.4. The molecule has 0 spiro atoms. The summed E-state index contributed by atoms with van der Waals surface area (Å²) in [5.41, 5.74) is 0.373. The molecule has 5 nitrogen and oxygen atoms in total. The lowest BCUT2D eigenvalue weighted by Crippen LogP contribution is -2.31. The van der Waals surface area contributed by atoms with Gasteiger partial charge in [0.15, 0.2) is 0 Å². The molecule has 0 aliphatic rings. The predicted octanol–water partition coefficient (Wildman–Crippen LogP) is 2.80. The number of alkyl halides is 3. The lowest BCUT2D eigenvalue weighted by molar-refractivity contribution is -0.137. The molecule has 0 radical (unpaired) electrons. The van der Waals surface area contributed by atoms with Crippen LogP contribution in [-0.4, -0.2) is 48.4 Å². The third kappa shape index (κ3) is 5.05. The number of aliphatic hydroxyl groups is 1. The van der Waals surface area contributed by atoms with E-state index in [2.05, 4.69) is 4.98 Å². The average Bonchev–Trinajstić information content (AvgIpc) is 2.95. The minimum absolute atomic E-state index is 0.236. The Morgan fingerprint density at radius 2 is 1.96 bits per heavy atom. The van der Waals surface area contributed by atoms with Crippen LogP contribution in [0.4, 0.5) is 13.2 Å². The minimum Gasteiger partial charge on any atom is -0.444 e. The number of halogens is 3.